The van der Waals surface area contributed by atoms with Crippen LogP contribution in [0.3, 0.4) is 0 Å². The molecule has 1 N–H and O–H groups in total. The van der Waals surface area contributed by atoms with E-state index >= 15 is 0 Å². The Balaban J connectivity index is 3.15. The first-order valence-electron chi connectivity index (χ1n) is 5.10. The van der Waals surface area contributed by atoms with E-state index in [1.54, 1.807) is 19.2 Å². The molecule has 0 aliphatic heterocycles. The smallest absolute Gasteiger partial charge is 0.255 e. The van der Waals surface area contributed by atoms with Crippen molar-refractivity contribution in [1.82, 2.24) is 5.32 Å². The number of nitrogens with one attached hydrogen (secondary N) is 1. The van der Waals surface area contributed by atoms with Gasteiger partial charge in [0.15, 0.2) is 0 Å². The molecule has 4 heteroatoms. The quantitative estimate of drug-likeness (QED) is 0.884. The second-order valence-corrected chi connectivity index (χ2v) is 4.37. The van der Waals surface area contributed by atoms with E-state index in [0.717, 1.165) is 5.56 Å². The topological polar surface area (TPSA) is 38.3 Å². The molecule has 1 rings (SSSR count). The molecule has 0 saturated heterocycles. The molecule has 3 nitrogen and oxygen atoms in total. The molecular formula is C12H16ClNO2. The highest BCUT2D eigenvalue weighted by Gasteiger charge is 2.15. The van der Waals surface area contributed by atoms with Crippen molar-refractivity contribution in [3.05, 3.63) is 28.3 Å². The summed E-state index contributed by atoms with van der Waals surface area (Å²) in [5, 5.41) is 3.35. The lowest BCUT2D eigenvalue weighted by atomic mass is 10.1. The van der Waals surface area contributed by atoms with E-state index in [0.29, 0.717) is 16.3 Å². The van der Waals surface area contributed by atoms with Crippen LogP contribution in [0, 0.1) is 6.92 Å². The molecule has 0 unspecified atom stereocenters. The maximum atomic E-state index is 11.9. The molecule has 1 aromatic rings. The van der Waals surface area contributed by atoms with Crippen molar-refractivity contribution in [2.24, 2.45) is 0 Å². The molecule has 0 aliphatic rings. The van der Waals surface area contributed by atoms with Crippen LogP contribution < -0.4 is 10.1 Å². The van der Waals surface area contributed by atoms with Crippen molar-refractivity contribution in [2.45, 2.75) is 26.8 Å². The summed E-state index contributed by atoms with van der Waals surface area (Å²) in [7, 11) is 1.54. The van der Waals surface area contributed by atoms with Gasteiger partial charge in [0.2, 0.25) is 0 Å². The fourth-order valence-corrected chi connectivity index (χ4v) is 1.78. The van der Waals surface area contributed by atoms with E-state index in [1.165, 1.54) is 0 Å². The first kappa shape index (κ1) is 12.8. The normalized spacial score (nSPS) is 10.4. The lowest BCUT2D eigenvalue weighted by Crippen LogP contribution is -2.30. The van der Waals surface area contributed by atoms with Crippen LogP contribution in [-0.2, 0) is 0 Å². The molecular weight excluding hydrogens is 226 g/mol. The summed E-state index contributed by atoms with van der Waals surface area (Å²) in [6.45, 7) is 5.67. The Morgan fingerprint density at radius 1 is 1.44 bits per heavy atom. The largest absolute Gasteiger partial charge is 0.496 e. The number of methoxy groups -OCH3 is 1. The molecule has 0 aromatic heterocycles. The summed E-state index contributed by atoms with van der Waals surface area (Å²) < 4.78 is 5.21. The second-order valence-electron chi connectivity index (χ2n) is 3.93. The van der Waals surface area contributed by atoms with Crippen LogP contribution in [0.5, 0.6) is 5.75 Å². The number of hydrogen-bond acceptors (Lipinski definition) is 2. The number of amides is 1. The number of carbonyl (C=O) groups excluding carboxylic acids is 1. The Morgan fingerprint density at radius 3 is 2.56 bits per heavy atom. The lowest BCUT2D eigenvalue weighted by Gasteiger charge is -2.13. The van der Waals surface area contributed by atoms with Crippen molar-refractivity contribution >= 4 is 17.5 Å². The molecule has 1 amide bonds. The Hall–Kier alpha value is -1.22. The van der Waals surface area contributed by atoms with Crippen molar-refractivity contribution < 1.29 is 9.53 Å². The Kier molecular flexibility index (Phi) is 4.19. The highest BCUT2D eigenvalue weighted by Crippen LogP contribution is 2.27. The summed E-state index contributed by atoms with van der Waals surface area (Å²) in [6, 6.07) is 3.47. The third-order valence-corrected chi connectivity index (χ3v) is 2.33. The first-order chi connectivity index (χ1) is 7.45. The minimum atomic E-state index is -0.169. The summed E-state index contributed by atoms with van der Waals surface area (Å²) >= 11 is 5.92. The first-order valence-corrected chi connectivity index (χ1v) is 5.48. The predicted octanol–water partition coefficient (Wildman–Crippen LogP) is 2.80. The molecule has 0 fully saturated rings. The predicted molar refractivity (Wildman–Crippen MR) is 65.3 cm³/mol. The Labute approximate surface area is 101 Å². The van der Waals surface area contributed by atoms with Crippen LogP contribution in [0.25, 0.3) is 0 Å². The van der Waals surface area contributed by atoms with Crippen LogP contribution >= 0.6 is 11.6 Å². The Bertz CT molecular complexity index is 402. The average molecular weight is 242 g/mol. The van der Waals surface area contributed by atoms with E-state index in [4.69, 9.17) is 16.3 Å². The van der Waals surface area contributed by atoms with Gasteiger partial charge in [0.05, 0.1) is 12.7 Å². The van der Waals surface area contributed by atoms with E-state index in [9.17, 15) is 4.79 Å². The molecule has 0 aliphatic carbocycles. The van der Waals surface area contributed by atoms with Crippen LogP contribution in [-0.4, -0.2) is 19.1 Å². The minimum Gasteiger partial charge on any atom is -0.496 e. The van der Waals surface area contributed by atoms with Gasteiger partial charge in [-0.05, 0) is 38.5 Å². The van der Waals surface area contributed by atoms with Gasteiger partial charge in [-0.3, -0.25) is 4.79 Å². The van der Waals surface area contributed by atoms with Gasteiger partial charge in [-0.2, -0.15) is 0 Å². The number of hydrogen-bond donors (Lipinski definition) is 1. The summed E-state index contributed by atoms with van der Waals surface area (Å²) in [6.07, 6.45) is 0. The van der Waals surface area contributed by atoms with E-state index in [-0.39, 0.29) is 11.9 Å². The lowest BCUT2D eigenvalue weighted by molar-refractivity contribution is 0.0940. The molecule has 1 aromatic carbocycles. The summed E-state index contributed by atoms with van der Waals surface area (Å²) in [5.74, 6) is 0.403. The molecule has 0 bridgehead atoms. The molecule has 0 spiro atoms. The molecule has 88 valence electrons. The van der Waals surface area contributed by atoms with Crippen molar-refractivity contribution in [3.63, 3.8) is 0 Å². The number of ether oxygens (including phenoxy) is 1. The van der Waals surface area contributed by atoms with Crippen molar-refractivity contribution in [2.75, 3.05) is 7.11 Å². The van der Waals surface area contributed by atoms with Gasteiger partial charge < -0.3 is 10.1 Å². The van der Waals surface area contributed by atoms with Crippen LogP contribution in [0.1, 0.15) is 29.8 Å². The fraction of sp³-hybridized carbons (Fsp3) is 0.417. The van der Waals surface area contributed by atoms with E-state index in [1.807, 2.05) is 20.8 Å². The third-order valence-electron chi connectivity index (χ3n) is 2.11. The third kappa shape index (κ3) is 2.89. The van der Waals surface area contributed by atoms with Crippen molar-refractivity contribution in [1.29, 1.82) is 0 Å². The fourth-order valence-electron chi connectivity index (χ4n) is 1.51. The Morgan fingerprint density at radius 2 is 2.06 bits per heavy atom. The van der Waals surface area contributed by atoms with Crippen LogP contribution in [0.4, 0.5) is 0 Å². The highest BCUT2D eigenvalue weighted by molar-refractivity contribution is 6.31. The maximum absolute atomic E-state index is 11.9. The van der Waals surface area contributed by atoms with E-state index in [2.05, 4.69) is 5.32 Å². The van der Waals surface area contributed by atoms with Gasteiger partial charge in [0.25, 0.3) is 5.91 Å². The van der Waals surface area contributed by atoms with Crippen LogP contribution in [0.15, 0.2) is 12.1 Å². The highest BCUT2D eigenvalue weighted by atomic mass is 35.5. The molecule has 0 atom stereocenters. The van der Waals surface area contributed by atoms with Gasteiger partial charge in [0, 0.05) is 11.1 Å². The van der Waals surface area contributed by atoms with Crippen molar-refractivity contribution in [3.8, 4) is 5.75 Å². The van der Waals surface area contributed by atoms with Crippen LogP contribution in [0.2, 0.25) is 5.02 Å². The number of rotatable bonds is 3. The zero-order valence-corrected chi connectivity index (χ0v) is 10.7. The second kappa shape index (κ2) is 5.21. The molecule has 0 radical (unpaired) electrons. The number of carbonyl (C=O) groups is 1. The van der Waals surface area contributed by atoms with Gasteiger partial charge >= 0.3 is 0 Å². The monoisotopic (exact) mass is 241 g/mol. The summed E-state index contributed by atoms with van der Waals surface area (Å²) in [4.78, 5) is 11.9. The SMILES string of the molecule is COc1c(C)cc(Cl)cc1C(=O)NC(C)C. The average Bonchev–Trinajstić information content (AvgIpc) is 2.15. The number of aryl methyl sites for hydroxylation is 1. The summed E-state index contributed by atoms with van der Waals surface area (Å²) in [5.41, 5.74) is 1.32. The van der Waals surface area contributed by atoms with Gasteiger partial charge in [0.1, 0.15) is 5.75 Å². The van der Waals surface area contributed by atoms with Gasteiger partial charge in [-0.15, -0.1) is 0 Å². The van der Waals surface area contributed by atoms with Gasteiger partial charge in [-0.25, -0.2) is 0 Å². The molecule has 0 heterocycles. The molecule has 0 saturated carbocycles. The molecule has 16 heavy (non-hydrogen) atoms. The standard InChI is InChI=1S/C12H16ClNO2/c1-7(2)14-12(15)10-6-9(13)5-8(3)11(10)16-4/h5-7H,1-4H3,(H,14,15). The number of halogens is 1. The van der Waals surface area contributed by atoms with Gasteiger partial charge in [-0.1, -0.05) is 11.6 Å². The maximum Gasteiger partial charge on any atom is 0.255 e. The number of benzene rings is 1. The zero-order chi connectivity index (χ0) is 12.3. The zero-order valence-electron chi connectivity index (χ0n) is 9.93. The minimum absolute atomic E-state index is 0.0801. The van der Waals surface area contributed by atoms with E-state index < -0.39 is 0 Å².